The molecule has 0 aromatic heterocycles. The Balaban J connectivity index is 1.21. The molecule has 0 saturated carbocycles. The van der Waals surface area contributed by atoms with Crippen LogP contribution in [0.4, 0.5) is 45.5 Å². The summed E-state index contributed by atoms with van der Waals surface area (Å²) in [6.07, 6.45) is 6.81. The summed E-state index contributed by atoms with van der Waals surface area (Å²) in [6.45, 7) is 46.5. The maximum atomic E-state index is 2.84. The van der Waals surface area contributed by atoms with Gasteiger partial charge in [-0.05, 0) is 210 Å². The minimum absolute atomic E-state index is 0.00367. The van der Waals surface area contributed by atoms with Crippen LogP contribution in [0.3, 0.4) is 0 Å². The van der Waals surface area contributed by atoms with Crippen molar-refractivity contribution in [2.24, 2.45) is 0 Å². The molecule has 0 saturated heterocycles. The number of hydrogen-bond donors (Lipinski definition) is 0. The molecule has 7 aromatic carbocycles. The number of anilines is 8. The van der Waals surface area contributed by atoms with Gasteiger partial charge in [0.15, 0.2) is 0 Å². The van der Waals surface area contributed by atoms with E-state index >= 15 is 0 Å². The van der Waals surface area contributed by atoms with Crippen LogP contribution in [0.15, 0.2) is 127 Å². The first-order chi connectivity index (χ1) is 37.3. The van der Waals surface area contributed by atoms with Gasteiger partial charge in [-0.2, -0.15) is 0 Å². The van der Waals surface area contributed by atoms with Crippen LogP contribution in [0.2, 0.25) is 0 Å². The summed E-state index contributed by atoms with van der Waals surface area (Å²) in [7, 11) is 0. The molecule has 7 aromatic rings. The second-order valence-corrected chi connectivity index (χ2v) is 31.9. The highest BCUT2D eigenvalue weighted by atomic mass is 15.3. The van der Waals surface area contributed by atoms with Gasteiger partial charge >= 0.3 is 0 Å². The van der Waals surface area contributed by atoms with E-state index < -0.39 is 5.54 Å². The van der Waals surface area contributed by atoms with Crippen LogP contribution < -0.4 is 31.1 Å². The average Bonchev–Trinajstić information content (AvgIpc) is 3.69. The predicted molar refractivity (Wildman–Crippen MR) is 345 cm³/mol. The molecule has 0 spiro atoms. The van der Waals surface area contributed by atoms with E-state index in [1.54, 1.807) is 0 Å². The lowest BCUT2D eigenvalue weighted by Gasteiger charge is -2.52. The van der Waals surface area contributed by atoms with Crippen molar-refractivity contribution in [3.05, 3.63) is 183 Å². The number of rotatable bonds is 3. The molecule has 6 aliphatic rings. The molecule has 13 rings (SSSR count). The first kappa shape index (κ1) is 53.3. The lowest BCUT2D eigenvalue weighted by molar-refractivity contribution is 0.245. The van der Waals surface area contributed by atoms with Crippen molar-refractivity contribution in [2.75, 3.05) is 14.7 Å². The lowest BCUT2D eigenvalue weighted by Crippen LogP contribution is -2.62. The maximum Gasteiger partial charge on any atom is 0.252 e. The van der Waals surface area contributed by atoms with Crippen LogP contribution in [0, 0.1) is 0 Å². The van der Waals surface area contributed by atoms with E-state index in [0.717, 1.165) is 25.7 Å². The van der Waals surface area contributed by atoms with Crippen molar-refractivity contribution in [3.63, 3.8) is 0 Å². The van der Waals surface area contributed by atoms with E-state index in [1.165, 1.54) is 130 Å². The highest BCUT2D eigenvalue weighted by Gasteiger charge is 2.61. The molecule has 0 fully saturated rings. The van der Waals surface area contributed by atoms with E-state index in [-0.39, 0.29) is 50.0 Å². The fourth-order valence-electron chi connectivity index (χ4n) is 16.2. The van der Waals surface area contributed by atoms with Gasteiger partial charge in [-0.25, -0.2) is 0 Å². The Morgan fingerprint density at radius 2 is 0.887 bits per heavy atom. The Morgan fingerprint density at radius 3 is 1.51 bits per heavy atom. The summed E-state index contributed by atoms with van der Waals surface area (Å²) in [6, 6.07) is 52.6. The van der Waals surface area contributed by atoms with E-state index in [2.05, 4.69) is 274 Å². The number of aryl methyl sites for hydroxylation is 1. The molecule has 0 N–H and O–H groups in total. The SMILES string of the molecule is CC(C)(C)c1cccc(N2c3cc(C(C)(C)C)ccc3B3c4cc5c(cc4N(c4ccc6c(c4)C(C)(C)CCC6(C)C)c4cc(N6c7ccc(C(C)(C)C)cc7C7(C)CCc8ccccc8C67C)cc2c43)C(C)(C)CCC5(C)C)c1. The average molecular weight is 1060 g/mol. The van der Waals surface area contributed by atoms with Crippen LogP contribution in [-0.4, -0.2) is 6.71 Å². The van der Waals surface area contributed by atoms with E-state index in [1.807, 2.05) is 0 Å². The van der Waals surface area contributed by atoms with Gasteiger partial charge in [0.1, 0.15) is 0 Å². The monoisotopic (exact) mass is 1060 g/mol. The van der Waals surface area contributed by atoms with E-state index in [4.69, 9.17) is 0 Å². The van der Waals surface area contributed by atoms with Crippen molar-refractivity contribution in [3.8, 4) is 0 Å². The Morgan fingerprint density at radius 1 is 0.362 bits per heavy atom. The third kappa shape index (κ3) is 7.57. The molecule has 3 heterocycles. The van der Waals surface area contributed by atoms with E-state index in [9.17, 15) is 0 Å². The quantitative estimate of drug-likeness (QED) is 0.163. The fourth-order valence-corrected chi connectivity index (χ4v) is 16.2. The molecular weight excluding hydrogens is 966 g/mol. The summed E-state index contributed by atoms with van der Waals surface area (Å²) >= 11 is 0. The van der Waals surface area contributed by atoms with Gasteiger partial charge in [-0.1, -0.05) is 197 Å². The lowest BCUT2D eigenvalue weighted by atomic mass is 9.33. The summed E-state index contributed by atoms with van der Waals surface area (Å²) in [5.41, 5.74) is 28.3. The first-order valence-electron chi connectivity index (χ1n) is 30.7. The van der Waals surface area contributed by atoms with Crippen molar-refractivity contribution in [1.82, 2.24) is 0 Å². The van der Waals surface area contributed by atoms with Gasteiger partial charge in [0.2, 0.25) is 0 Å². The molecule has 3 aliphatic heterocycles. The molecule has 0 radical (unpaired) electrons. The van der Waals surface area contributed by atoms with Crippen LogP contribution >= 0.6 is 0 Å². The topological polar surface area (TPSA) is 9.72 Å². The third-order valence-corrected chi connectivity index (χ3v) is 21.9. The van der Waals surface area contributed by atoms with Gasteiger partial charge in [0.25, 0.3) is 6.71 Å². The molecule has 2 atom stereocenters. The standard InChI is InChI=1S/C76H90BN3/c1-68(2,3)48-24-22-25-51(39-48)78-63-41-50(70(7,8)9)27-31-60(63)77-61-45-57-58(74(16,17)38-37-73(57,14)15)46-64(61)79(52-29-30-55-56(42-52)72(12,13)36-35-71(55,10)11)66-44-53(43-65(78)67(66)77)80-62-32-28-49(69(4,5)6)40-59(62)75(18)34-33-47-23-20-21-26-54(47)76(75,80)19/h20-32,39-46H,33-38H2,1-19H3. The van der Waals surface area contributed by atoms with Gasteiger partial charge in [-0.3, -0.25) is 0 Å². The normalized spacial score (nSPS) is 22.5. The minimum atomic E-state index is -0.405. The minimum Gasteiger partial charge on any atom is -0.330 e. The smallest absolute Gasteiger partial charge is 0.252 e. The molecular formula is C76H90BN3. The Kier molecular flexibility index (Phi) is 11.2. The first-order valence-corrected chi connectivity index (χ1v) is 30.7. The molecule has 3 aliphatic carbocycles. The Labute approximate surface area is 482 Å². The number of hydrogen-bond acceptors (Lipinski definition) is 3. The van der Waals surface area contributed by atoms with Crippen molar-refractivity contribution in [2.45, 2.75) is 219 Å². The highest BCUT2D eigenvalue weighted by molar-refractivity contribution is 7.00. The molecule has 80 heavy (non-hydrogen) atoms. The second kappa shape index (κ2) is 16.8. The second-order valence-electron chi connectivity index (χ2n) is 31.9. The van der Waals surface area contributed by atoms with Crippen LogP contribution in [0.25, 0.3) is 0 Å². The molecule has 0 amide bonds. The maximum absolute atomic E-state index is 2.84. The predicted octanol–water partition coefficient (Wildman–Crippen LogP) is 18.6. The summed E-state index contributed by atoms with van der Waals surface area (Å²) in [5.74, 6) is 0. The summed E-state index contributed by atoms with van der Waals surface area (Å²) in [4.78, 5) is 8.33. The largest absolute Gasteiger partial charge is 0.330 e. The van der Waals surface area contributed by atoms with Crippen molar-refractivity contribution >= 4 is 68.6 Å². The number of benzene rings is 7. The zero-order chi connectivity index (χ0) is 57.0. The molecule has 0 bridgehead atoms. The Bertz CT molecular complexity index is 3750. The van der Waals surface area contributed by atoms with Gasteiger partial charge in [0.05, 0.1) is 5.54 Å². The molecule has 3 nitrogen and oxygen atoms in total. The van der Waals surface area contributed by atoms with E-state index in [0.29, 0.717) is 0 Å². The number of fused-ring (bicyclic) bond motifs is 11. The highest BCUT2D eigenvalue weighted by Crippen LogP contribution is 2.65. The van der Waals surface area contributed by atoms with Gasteiger partial charge < -0.3 is 14.7 Å². The van der Waals surface area contributed by atoms with Gasteiger partial charge in [-0.15, -0.1) is 0 Å². The summed E-state index contributed by atoms with van der Waals surface area (Å²) < 4.78 is 0. The Hall–Kier alpha value is -6.00. The number of nitrogens with zero attached hydrogens (tertiary/aromatic N) is 3. The molecule has 412 valence electrons. The van der Waals surface area contributed by atoms with Crippen LogP contribution in [0.5, 0.6) is 0 Å². The third-order valence-electron chi connectivity index (χ3n) is 21.9. The zero-order valence-corrected chi connectivity index (χ0v) is 52.3. The summed E-state index contributed by atoms with van der Waals surface area (Å²) in [5, 5.41) is 0. The van der Waals surface area contributed by atoms with Crippen LogP contribution in [0.1, 0.15) is 219 Å². The zero-order valence-electron chi connectivity index (χ0n) is 52.3. The van der Waals surface area contributed by atoms with Gasteiger partial charge in [0, 0.05) is 50.9 Å². The molecule has 2 unspecified atom stereocenters. The fraction of sp³-hybridized carbons (Fsp3) is 0.447. The van der Waals surface area contributed by atoms with Crippen molar-refractivity contribution in [1.29, 1.82) is 0 Å². The van der Waals surface area contributed by atoms with Crippen LogP contribution in [-0.2, 0) is 55.3 Å². The van der Waals surface area contributed by atoms with Crippen molar-refractivity contribution < 1.29 is 0 Å². The molecule has 4 heteroatoms.